The minimum absolute atomic E-state index is 0.0515. The Balaban J connectivity index is 1.46. The maximum absolute atomic E-state index is 13.2. The molecular weight excluding hydrogens is 446 g/mol. The van der Waals surface area contributed by atoms with Gasteiger partial charge in [-0.15, -0.1) is 0 Å². The first-order valence-corrected chi connectivity index (χ1v) is 11.3. The number of hydrogen-bond acceptors (Lipinski definition) is 6. The first kappa shape index (κ1) is 22.4. The van der Waals surface area contributed by atoms with Crippen LogP contribution >= 0.6 is 0 Å². The predicted octanol–water partition coefficient (Wildman–Crippen LogP) is 3.49. The lowest BCUT2D eigenvalue weighted by Gasteiger charge is -2.16. The van der Waals surface area contributed by atoms with Crippen LogP contribution in [0.3, 0.4) is 0 Å². The molecular formula is C24H26F2N4O4. The van der Waals surface area contributed by atoms with Gasteiger partial charge in [-0.05, 0) is 44.0 Å². The summed E-state index contributed by atoms with van der Waals surface area (Å²) in [6.45, 7) is -0.496. The Bertz CT molecular complexity index is 1190. The standard InChI is InChI=1S/C24H26F2N4O4/c1-32-19-8-15(9-20(34-24(25)26)22(19)23(31)29-16-2-3-16)18-12-28-21-10-17(5-7-30(18)21)33-13-14-4-6-27-11-14/h5,7-10,12,14,16,24,27H,2-4,6,11,13H2,1H3,(H,29,31). The van der Waals surface area contributed by atoms with E-state index in [2.05, 4.69) is 15.6 Å². The van der Waals surface area contributed by atoms with Crippen molar-refractivity contribution >= 4 is 11.6 Å². The summed E-state index contributed by atoms with van der Waals surface area (Å²) >= 11 is 0. The summed E-state index contributed by atoms with van der Waals surface area (Å²) in [6.07, 6.45) is 6.26. The van der Waals surface area contributed by atoms with E-state index >= 15 is 0 Å². The minimum Gasteiger partial charge on any atom is -0.496 e. The fourth-order valence-electron chi connectivity index (χ4n) is 4.13. The van der Waals surface area contributed by atoms with E-state index in [-0.39, 0.29) is 23.1 Å². The van der Waals surface area contributed by atoms with E-state index in [9.17, 15) is 13.6 Å². The van der Waals surface area contributed by atoms with Crippen LogP contribution in [-0.4, -0.2) is 54.8 Å². The zero-order valence-electron chi connectivity index (χ0n) is 18.7. The molecule has 0 bridgehead atoms. The third-order valence-corrected chi connectivity index (χ3v) is 6.07. The van der Waals surface area contributed by atoms with Gasteiger partial charge in [-0.25, -0.2) is 4.98 Å². The van der Waals surface area contributed by atoms with Gasteiger partial charge >= 0.3 is 6.61 Å². The molecule has 2 aromatic heterocycles. The van der Waals surface area contributed by atoms with E-state index < -0.39 is 12.5 Å². The summed E-state index contributed by atoms with van der Waals surface area (Å²) in [7, 11) is 1.39. The van der Waals surface area contributed by atoms with Crippen molar-refractivity contribution in [1.29, 1.82) is 0 Å². The van der Waals surface area contributed by atoms with E-state index in [1.807, 2.05) is 22.7 Å². The molecule has 2 aliphatic rings. The minimum atomic E-state index is -3.09. The maximum atomic E-state index is 13.2. The van der Waals surface area contributed by atoms with Crippen LogP contribution in [0.4, 0.5) is 8.78 Å². The summed E-state index contributed by atoms with van der Waals surface area (Å²) in [6, 6.07) is 6.76. The van der Waals surface area contributed by atoms with Gasteiger partial charge in [0.1, 0.15) is 28.5 Å². The molecule has 1 aliphatic carbocycles. The number of ether oxygens (including phenoxy) is 3. The van der Waals surface area contributed by atoms with Crippen LogP contribution < -0.4 is 24.8 Å². The molecule has 10 heteroatoms. The number of nitrogens with one attached hydrogen (secondary N) is 2. The van der Waals surface area contributed by atoms with E-state index in [0.29, 0.717) is 35.2 Å². The van der Waals surface area contributed by atoms with Crippen molar-refractivity contribution in [1.82, 2.24) is 20.0 Å². The molecule has 1 aliphatic heterocycles. The first-order valence-electron chi connectivity index (χ1n) is 11.3. The second-order valence-electron chi connectivity index (χ2n) is 8.58. The van der Waals surface area contributed by atoms with Crippen molar-refractivity contribution in [2.45, 2.75) is 31.9 Å². The van der Waals surface area contributed by atoms with Crippen molar-refractivity contribution in [3.05, 3.63) is 42.2 Å². The number of methoxy groups -OCH3 is 1. The predicted molar refractivity (Wildman–Crippen MR) is 121 cm³/mol. The van der Waals surface area contributed by atoms with Crippen LogP contribution in [0.15, 0.2) is 36.7 Å². The number of nitrogens with zero attached hydrogens (tertiary/aromatic N) is 2. The number of alkyl halides is 2. The van der Waals surface area contributed by atoms with Gasteiger partial charge in [-0.1, -0.05) is 0 Å². The number of amides is 1. The van der Waals surface area contributed by atoms with Crippen LogP contribution in [-0.2, 0) is 0 Å². The molecule has 1 unspecified atom stereocenters. The second-order valence-corrected chi connectivity index (χ2v) is 8.58. The summed E-state index contributed by atoms with van der Waals surface area (Å²) in [4.78, 5) is 17.2. The fraction of sp³-hybridized carbons (Fsp3) is 0.417. The van der Waals surface area contributed by atoms with Gasteiger partial charge in [0.25, 0.3) is 5.91 Å². The number of aromatic nitrogens is 2. The number of imidazole rings is 1. The quantitative estimate of drug-likeness (QED) is 0.496. The molecule has 8 nitrogen and oxygen atoms in total. The van der Waals surface area contributed by atoms with Gasteiger partial charge in [0.15, 0.2) is 0 Å². The Morgan fingerprint density at radius 3 is 2.79 bits per heavy atom. The van der Waals surface area contributed by atoms with Gasteiger partial charge in [0.2, 0.25) is 0 Å². The number of rotatable bonds is 9. The molecule has 34 heavy (non-hydrogen) atoms. The van der Waals surface area contributed by atoms with Crippen LogP contribution in [0.5, 0.6) is 17.2 Å². The molecule has 1 atom stereocenters. The summed E-state index contributed by atoms with van der Waals surface area (Å²) < 4.78 is 44.3. The molecule has 3 heterocycles. The monoisotopic (exact) mass is 472 g/mol. The Labute approximate surface area is 195 Å². The average Bonchev–Trinajstić information content (AvgIpc) is 3.30. The zero-order valence-corrected chi connectivity index (χ0v) is 18.7. The van der Waals surface area contributed by atoms with Crippen molar-refractivity contribution in [2.24, 2.45) is 5.92 Å². The second kappa shape index (κ2) is 9.46. The highest BCUT2D eigenvalue weighted by Gasteiger charge is 2.29. The highest BCUT2D eigenvalue weighted by Crippen LogP contribution is 2.37. The van der Waals surface area contributed by atoms with Crippen LogP contribution in [0, 0.1) is 5.92 Å². The number of carbonyl (C=O) groups excluding carboxylic acids is 1. The van der Waals surface area contributed by atoms with Crippen LogP contribution in [0.2, 0.25) is 0 Å². The van der Waals surface area contributed by atoms with Crippen LogP contribution in [0.1, 0.15) is 29.6 Å². The zero-order chi connectivity index (χ0) is 23.7. The molecule has 2 N–H and O–H groups in total. The number of benzene rings is 1. The van der Waals surface area contributed by atoms with E-state index in [1.165, 1.54) is 13.2 Å². The third-order valence-electron chi connectivity index (χ3n) is 6.07. The van der Waals surface area contributed by atoms with Crippen molar-refractivity contribution in [2.75, 3.05) is 26.8 Å². The highest BCUT2D eigenvalue weighted by atomic mass is 19.3. The SMILES string of the molecule is COc1cc(-c2cnc3cc(OCC4CCNC4)ccn23)cc(OC(F)F)c1C(=O)NC1CC1. The molecule has 180 valence electrons. The molecule has 1 aromatic carbocycles. The first-order chi connectivity index (χ1) is 16.5. The number of halogens is 2. The van der Waals surface area contributed by atoms with Gasteiger partial charge in [-0.2, -0.15) is 8.78 Å². The van der Waals surface area contributed by atoms with E-state index in [4.69, 9.17) is 14.2 Å². The van der Waals surface area contributed by atoms with E-state index in [0.717, 1.165) is 32.4 Å². The molecule has 0 spiro atoms. The Hall–Kier alpha value is -3.40. The van der Waals surface area contributed by atoms with Crippen molar-refractivity contribution in [3.63, 3.8) is 0 Å². The number of carbonyl (C=O) groups is 1. The summed E-state index contributed by atoms with van der Waals surface area (Å²) in [5.41, 5.74) is 1.74. The number of hydrogen-bond donors (Lipinski definition) is 2. The van der Waals surface area contributed by atoms with Crippen LogP contribution in [0.25, 0.3) is 16.9 Å². The number of fused-ring (bicyclic) bond motifs is 1. The van der Waals surface area contributed by atoms with Gasteiger partial charge in [0, 0.05) is 36.3 Å². The normalized spacial score (nSPS) is 17.8. The molecule has 5 rings (SSSR count). The fourth-order valence-corrected chi connectivity index (χ4v) is 4.13. The molecule has 1 amide bonds. The average molecular weight is 472 g/mol. The lowest BCUT2D eigenvalue weighted by molar-refractivity contribution is -0.0502. The summed E-state index contributed by atoms with van der Waals surface area (Å²) in [5, 5.41) is 6.12. The Morgan fingerprint density at radius 1 is 1.26 bits per heavy atom. The summed E-state index contributed by atoms with van der Waals surface area (Å²) in [5.74, 6) is 0.596. The lowest BCUT2D eigenvalue weighted by atomic mass is 10.1. The highest BCUT2D eigenvalue weighted by molar-refractivity contribution is 6.01. The van der Waals surface area contributed by atoms with Gasteiger partial charge < -0.3 is 24.8 Å². The lowest BCUT2D eigenvalue weighted by Crippen LogP contribution is -2.26. The molecule has 3 aromatic rings. The molecule has 1 saturated carbocycles. The van der Waals surface area contributed by atoms with Crippen molar-refractivity contribution in [3.8, 4) is 28.5 Å². The smallest absolute Gasteiger partial charge is 0.387 e. The topological polar surface area (TPSA) is 86.1 Å². The van der Waals surface area contributed by atoms with E-state index in [1.54, 1.807) is 12.3 Å². The Morgan fingerprint density at radius 2 is 2.09 bits per heavy atom. The van der Waals surface area contributed by atoms with Gasteiger partial charge in [0.05, 0.1) is 25.6 Å². The molecule has 2 fully saturated rings. The van der Waals surface area contributed by atoms with Crippen molar-refractivity contribution < 1.29 is 27.8 Å². The third kappa shape index (κ3) is 4.77. The Kier molecular flexibility index (Phi) is 6.23. The number of pyridine rings is 1. The maximum Gasteiger partial charge on any atom is 0.387 e. The largest absolute Gasteiger partial charge is 0.496 e. The molecule has 1 saturated heterocycles. The molecule has 0 radical (unpaired) electrons. The van der Waals surface area contributed by atoms with Gasteiger partial charge in [-0.3, -0.25) is 9.20 Å².